The van der Waals surface area contributed by atoms with Gasteiger partial charge in [0, 0.05) is 61.4 Å². The molecule has 0 amide bonds. The molecule has 0 fully saturated rings. The Hall–Kier alpha value is -6.92. The van der Waals surface area contributed by atoms with E-state index in [4.69, 9.17) is 80.8 Å². The molecule has 7 rings (SSSR count). The number of aliphatic hydroxyl groups excluding tert-OH is 1. The Labute approximate surface area is 484 Å². The summed E-state index contributed by atoms with van der Waals surface area (Å²) in [5.74, 6) is -3.91. The van der Waals surface area contributed by atoms with Gasteiger partial charge in [0.15, 0.2) is 11.3 Å². The smallest absolute Gasteiger partial charge is 0.332 e. The van der Waals surface area contributed by atoms with E-state index in [2.05, 4.69) is 16.0 Å². The van der Waals surface area contributed by atoms with Crippen molar-refractivity contribution < 1.29 is 105 Å². The topological polar surface area (TPSA) is 302 Å². The summed E-state index contributed by atoms with van der Waals surface area (Å²) in [6.45, 7) is 0.689. The van der Waals surface area contributed by atoms with Crippen molar-refractivity contribution in [2.45, 2.75) is 11.3 Å². The number of carbonyl (C=O) groups excluding carboxylic acids is 5. The molecule has 2 aliphatic heterocycles. The molecule has 3 aliphatic rings. The molecule has 458 valence electrons. The summed E-state index contributed by atoms with van der Waals surface area (Å²) in [5.41, 5.74) is -1.76. The molecule has 4 aromatic rings. The van der Waals surface area contributed by atoms with Crippen LogP contribution in [0.4, 0.5) is 17.1 Å². The predicted octanol–water partition coefficient (Wildman–Crippen LogP) is 1.86. The van der Waals surface area contributed by atoms with Gasteiger partial charge < -0.3 is 96.8 Å². The van der Waals surface area contributed by atoms with Crippen LogP contribution in [-0.2, 0) is 99.8 Å². The molecule has 0 saturated carbocycles. The number of hydrogen-bond acceptors (Lipinski definition) is 26. The fraction of sp³-hybridized carbons (Fsp3) is 0.517. The molecule has 0 atom stereocenters. The second-order valence-electron chi connectivity index (χ2n) is 19.1. The zero-order valence-electron chi connectivity index (χ0n) is 47.7. The van der Waals surface area contributed by atoms with Crippen molar-refractivity contribution in [2.75, 3.05) is 203 Å². The lowest BCUT2D eigenvalue weighted by Crippen LogP contribution is -2.56. The standard InChI is InChI=1S/C58H74N4O22/c1-69-15-19-73-23-27-77-31-45(63)81-35-57(36-82-46(64)32-78-28-24-74-20-16-70-2)59-43-9-5-7-39-11-13-41(53(61-57)49(39)43)51-55(67)52(56(51)68)42-14-12-40-8-6-10-44-50(40)54(42)62-58(60-44,37-83-47(65)33-79-29-25-75-21-17-71-3)38-84-48(66)34-80-30-26-76-22-18-72-4/h5-14,59-61,67H,15-38H2,1-4H3. The number of allylic oxidation sites excluding steroid dienone is 2. The zero-order chi connectivity index (χ0) is 59.6. The molecule has 0 spiro atoms. The zero-order valence-corrected chi connectivity index (χ0v) is 47.7. The summed E-state index contributed by atoms with van der Waals surface area (Å²) in [4.78, 5) is 72.9. The first-order valence-corrected chi connectivity index (χ1v) is 27.2. The van der Waals surface area contributed by atoms with E-state index < -0.39 is 93.8 Å². The van der Waals surface area contributed by atoms with Crippen molar-refractivity contribution in [3.63, 3.8) is 0 Å². The second kappa shape index (κ2) is 33.5. The minimum atomic E-state index is -1.69. The first kappa shape index (κ1) is 64.6. The Bertz CT molecular complexity index is 2960. The lowest BCUT2D eigenvalue weighted by Gasteiger charge is -2.41. The van der Waals surface area contributed by atoms with Gasteiger partial charge in [0.2, 0.25) is 5.78 Å². The van der Waals surface area contributed by atoms with Gasteiger partial charge in [-0.05, 0) is 22.9 Å². The van der Waals surface area contributed by atoms with E-state index in [0.717, 1.165) is 5.39 Å². The van der Waals surface area contributed by atoms with Crippen LogP contribution in [0.5, 0.6) is 0 Å². The van der Waals surface area contributed by atoms with Crippen LogP contribution >= 0.6 is 0 Å². The number of aliphatic hydroxyl groups is 1. The van der Waals surface area contributed by atoms with Gasteiger partial charge in [0.05, 0.1) is 128 Å². The van der Waals surface area contributed by atoms with E-state index in [9.17, 15) is 24.3 Å². The highest BCUT2D eigenvalue weighted by atomic mass is 16.6. The molecule has 2 heterocycles. The van der Waals surface area contributed by atoms with Crippen molar-refractivity contribution in [2.24, 2.45) is 4.99 Å². The van der Waals surface area contributed by atoms with E-state index in [1.807, 2.05) is 12.1 Å². The Morgan fingerprint density at radius 2 is 0.857 bits per heavy atom. The Kier molecular flexibility index (Phi) is 25.8. The third kappa shape index (κ3) is 18.1. The van der Waals surface area contributed by atoms with Crippen LogP contribution in [0.1, 0.15) is 5.56 Å². The molecule has 0 bridgehead atoms. The lowest BCUT2D eigenvalue weighted by molar-refractivity contribution is -0.156. The average molecular weight is 1180 g/mol. The number of methoxy groups -OCH3 is 4. The van der Waals surface area contributed by atoms with Crippen LogP contribution in [-0.4, -0.2) is 233 Å². The summed E-state index contributed by atoms with van der Waals surface area (Å²) < 4.78 is 86.6. The molecule has 0 radical (unpaired) electrons. The number of nitrogens with zero attached hydrogens (tertiary/aromatic N) is 1. The molecule has 26 heteroatoms. The minimum absolute atomic E-state index is 0.0620. The molecule has 1 aliphatic carbocycles. The first-order chi connectivity index (χ1) is 41.0. The quantitative estimate of drug-likeness (QED) is 0.0280. The molecule has 84 heavy (non-hydrogen) atoms. The van der Waals surface area contributed by atoms with E-state index in [-0.39, 0.29) is 85.9 Å². The largest absolute Gasteiger partial charge is 0.506 e. The molecule has 4 aromatic carbocycles. The number of carbonyl (C=O) groups is 5. The van der Waals surface area contributed by atoms with Crippen molar-refractivity contribution in [1.82, 2.24) is 0 Å². The molecular weight excluding hydrogens is 1100 g/mol. The summed E-state index contributed by atoms with van der Waals surface area (Å²) in [5, 5.41) is 25.5. The van der Waals surface area contributed by atoms with Gasteiger partial charge in [-0.2, -0.15) is 0 Å². The summed E-state index contributed by atoms with van der Waals surface area (Å²) in [7, 11) is 6.22. The first-order valence-electron chi connectivity index (χ1n) is 27.2. The number of hydrogen-bond donors (Lipinski definition) is 4. The predicted molar refractivity (Wildman–Crippen MR) is 301 cm³/mol. The molecule has 4 N–H and O–H groups in total. The highest BCUT2D eigenvalue weighted by Crippen LogP contribution is 2.47. The highest BCUT2D eigenvalue weighted by molar-refractivity contribution is 6.52. The van der Waals surface area contributed by atoms with Gasteiger partial charge in [0.1, 0.15) is 58.6 Å². The van der Waals surface area contributed by atoms with Crippen LogP contribution in [0, 0.1) is 0 Å². The third-order valence-corrected chi connectivity index (χ3v) is 13.0. The van der Waals surface area contributed by atoms with Gasteiger partial charge in [0.25, 0.3) is 0 Å². The number of ether oxygens (including phenoxy) is 16. The monoisotopic (exact) mass is 1180 g/mol. The minimum Gasteiger partial charge on any atom is -0.506 e. The van der Waals surface area contributed by atoms with Crippen molar-refractivity contribution in [3.8, 4) is 0 Å². The molecule has 0 unspecified atom stereocenters. The van der Waals surface area contributed by atoms with Gasteiger partial charge in [-0.25, -0.2) is 24.2 Å². The van der Waals surface area contributed by atoms with E-state index in [1.165, 1.54) is 0 Å². The summed E-state index contributed by atoms with van der Waals surface area (Å²) in [6, 6.07) is 17.7. The van der Waals surface area contributed by atoms with Crippen molar-refractivity contribution in [1.29, 1.82) is 0 Å². The Morgan fingerprint density at radius 1 is 0.452 bits per heavy atom. The lowest BCUT2D eigenvalue weighted by atomic mass is 9.80. The maximum Gasteiger partial charge on any atom is 0.332 e. The number of ketones is 1. The van der Waals surface area contributed by atoms with Crippen molar-refractivity contribution >= 4 is 79.4 Å². The maximum absolute atomic E-state index is 15.0. The van der Waals surface area contributed by atoms with Crippen LogP contribution in [0.15, 0.2) is 71.4 Å². The second-order valence-corrected chi connectivity index (χ2v) is 19.1. The van der Waals surface area contributed by atoms with Crippen LogP contribution in [0.3, 0.4) is 0 Å². The molecule has 26 nitrogen and oxygen atoms in total. The normalized spacial score (nSPS) is 15.2. The van der Waals surface area contributed by atoms with E-state index >= 15 is 4.79 Å². The fourth-order valence-corrected chi connectivity index (χ4v) is 8.94. The Morgan fingerprint density at radius 3 is 1.31 bits per heavy atom. The molecule has 0 saturated heterocycles. The maximum atomic E-state index is 15.0. The highest BCUT2D eigenvalue weighted by Gasteiger charge is 2.44. The van der Waals surface area contributed by atoms with E-state index in [1.54, 1.807) is 77.0 Å². The van der Waals surface area contributed by atoms with Gasteiger partial charge in [-0.3, -0.25) is 4.79 Å². The number of nitrogens with one attached hydrogen (secondary N) is 3. The Balaban J connectivity index is 1.21. The third-order valence-electron chi connectivity index (χ3n) is 13.0. The number of anilines is 3. The van der Waals surface area contributed by atoms with Crippen molar-refractivity contribution in [3.05, 3.63) is 82.6 Å². The van der Waals surface area contributed by atoms with Gasteiger partial charge in [-0.1, -0.05) is 48.5 Å². The summed E-state index contributed by atoms with van der Waals surface area (Å²) >= 11 is 0. The number of esters is 4. The van der Waals surface area contributed by atoms with Gasteiger partial charge >= 0.3 is 23.9 Å². The molecular formula is C58H74N4O22. The fourth-order valence-electron chi connectivity index (χ4n) is 8.94. The van der Waals surface area contributed by atoms with E-state index in [0.29, 0.717) is 86.1 Å². The van der Waals surface area contributed by atoms with Crippen LogP contribution in [0.25, 0.3) is 32.7 Å². The summed E-state index contributed by atoms with van der Waals surface area (Å²) in [6.07, 6.45) is 0. The SMILES string of the molecule is COCCOCCOCC(=O)OCC1(COC(=O)COCCOCCOC)N=c2c(=C3C(=O)C(c4ccc5cccc6c5c4NC(COC(=O)COCCOCCOC)(COC(=O)COCCOCCOC)N6)=C3O)ccc3cccc(c23)N1. The number of rotatable bonds is 41. The van der Waals surface area contributed by atoms with Crippen LogP contribution < -0.4 is 26.5 Å². The van der Waals surface area contributed by atoms with Gasteiger partial charge in [-0.15, -0.1) is 0 Å². The average Bonchev–Trinajstić information content (AvgIpc) is 0.935. The van der Waals surface area contributed by atoms with Crippen LogP contribution in [0.2, 0.25) is 0 Å². The number of benzene rings is 4. The number of Topliss-reactive ketones (excluding diaryl/α,β-unsaturated/α-hetero) is 1. The molecule has 0 aromatic heterocycles.